The Labute approximate surface area is 53.1 Å². The summed E-state index contributed by atoms with van der Waals surface area (Å²) in [7, 11) is 0. The number of aliphatic hydroxyl groups excluding tert-OH is 1. The zero-order chi connectivity index (χ0) is 7.28. The van der Waals surface area contributed by atoms with Gasteiger partial charge in [-0.3, -0.25) is 4.79 Å². The number of carbonyl (C=O) groups excluding carboxylic acids is 1. The average molecular weight is 128 g/mol. The molecule has 0 aromatic carbocycles. The van der Waals surface area contributed by atoms with Crippen LogP contribution in [0.3, 0.4) is 0 Å². The Hall–Kier alpha value is -1.08. The third-order valence-electron chi connectivity index (χ3n) is 0.722. The molecule has 0 saturated heterocycles. The molecule has 0 aliphatic rings. The normalized spacial score (nSPS) is 11.7. The lowest BCUT2D eigenvalue weighted by molar-refractivity contribution is -0.126. The van der Waals surface area contributed by atoms with Gasteiger partial charge in [0.15, 0.2) is 0 Å². The van der Waals surface area contributed by atoms with E-state index >= 15 is 0 Å². The standard InChI is InChI=1S/C5H8N2O2/c1-2-7-5(9)4(8)3-6/h4,8H,2H2,1H3,(H,7,9). The van der Waals surface area contributed by atoms with E-state index in [-0.39, 0.29) is 0 Å². The zero-order valence-electron chi connectivity index (χ0n) is 5.09. The van der Waals surface area contributed by atoms with E-state index < -0.39 is 12.0 Å². The summed E-state index contributed by atoms with van der Waals surface area (Å²) in [6, 6.07) is 1.39. The van der Waals surface area contributed by atoms with Gasteiger partial charge in [0, 0.05) is 6.54 Å². The Bertz CT molecular complexity index is 138. The third-order valence-corrected chi connectivity index (χ3v) is 0.722. The number of hydrogen-bond acceptors (Lipinski definition) is 3. The summed E-state index contributed by atoms with van der Waals surface area (Å²) in [5, 5.41) is 18.7. The summed E-state index contributed by atoms with van der Waals surface area (Å²) in [5.41, 5.74) is 0. The molecular weight excluding hydrogens is 120 g/mol. The third kappa shape index (κ3) is 2.67. The number of nitriles is 1. The van der Waals surface area contributed by atoms with Gasteiger partial charge in [0.05, 0.1) is 0 Å². The molecule has 0 aromatic rings. The molecule has 4 nitrogen and oxygen atoms in total. The zero-order valence-corrected chi connectivity index (χ0v) is 5.09. The molecule has 0 aliphatic carbocycles. The van der Waals surface area contributed by atoms with Gasteiger partial charge in [0.25, 0.3) is 5.91 Å². The van der Waals surface area contributed by atoms with Gasteiger partial charge in [0.1, 0.15) is 6.07 Å². The smallest absolute Gasteiger partial charge is 0.263 e. The lowest BCUT2D eigenvalue weighted by Crippen LogP contribution is -2.33. The minimum absolute atomic E-state index is 0.428. The number of rotatable bonds is 2. The van der Waals surface area contributed by atoms with Crippen molar-refractivity contribution in [2.24, 2.45) is 0 Å². The van der Waals surface area contributed by atoms with E-state index in [0.29, 0.717) is 6.54 Å². The highest BCUT2D eigenvalue weighted by Crippen LogP contribution is 1.76. The summed E-state index contributed by atoms with van der Waals surface area (Å²) >= 11 is 0. The molecule has 2 N–H and O–H groups in total. The molecule has 0 radical (unpaired) electrons. The van der Waals surface area contributed by atoms with Crippen LogP contribution in [0.15, 0.2) is 0 Å². The highest BCUT2D eigenvalue weighted by Gasteiger charge is 2.10. The first-order chi connectivity index (χ1) is 4.22. The van der Waals surface area contributed by atoms with E-state index in [0.717, 1.165) is 0 Å². The second kappa shape index (κ2) is 3.87. The van der Waals surface area contributed by atoms with Crippen molar-refractivity contribution < 1.29 is 9.90 Å². The first-order valence-electron chi connectivity index (χ1n) is 2.57. The summed E-state index contributed by atoms with van der Waals surface area (Å²) in [6.07, 6.45) is -1.52. The lowest BCUT2D eigenvalue weighted by atomic mass is 10.4. The van der Waals surface area contributed by atoms with Gasteiger partial charge in [-0.1, -0.05) is 0 Å². The van der Waals surface area contributed by atoms with Gasteiger partial charge in [-0.05, 0) is 6.92 Å². The number of amides is 1. The molecule has 0 spiro atoms. The lowest BCUT2D eigenvalue weighted by Gasteiger charge is -1.99. The molecule has 1 amide bonds. The fourth-order valence-electron chi connectivity index (χ4n) is 0.330. The second-order valence-electron chi connectivity index (χ2n) is 1.43. The van der Waals surface area contributed by atoms with Crippen LogP contribution < -0.4 is 5.32 Å². The molecule has 0 bridgehead atoms. The molecule has 1 atom stereocenters. The Morgan fingerprint density at radius 2 is 2.56 bits per heavy atom. The molecular formula is C5H8N2O2. The minimum Gasteiger partial charge on any atom is -0.370 e. The topological polar surface area (TPSA) is 73.1 Å². The van der Waals surface area contributed by atoms with Crippen molar-refractivity contribution in [1.29, 1.82) is 5.26 Å². The molecule has 9 heavy (non-hydrogen) atoms. The van der Waals surface area contributed by atoms with Crippen LogP contribution in [0, 0.1) is 11.3 Å². The summed E-state index contributed by atoms with van der Waals surface area (Å²) in [6.45, 7) is 2.14. The van der Waals surface area contributed by atoms with Crippen LogP contribution in [-0.2, 0) is 4.79 Å². The monoisotopic (exact) mass is 128 g/mol. The molecule has 0 rings (SSSR count). The van der Waals surface area contributed by atoms with Crippen molar-refractivity contribution in [3.05, 3.63) is 0 Å². The maximum Gasteiger partial charge on any atom is 0.263 e. The van der Waals surface area contributed by atoms with Gasteiger partial charge in [-0.25, -0.2) is 0 Å². The maximum absolute atomic E-state index is 10.4. The van der Waals surface area contributed by atoms with Crippen LogP contribution in [-0.4, -0.2) is 23.7 Å². The largest absolute Gasteiger partial charge is 0.370 e. The summed E-state index contributed by atoms with van der Waals surface area (Å²) in [4.78, 5) is 10.4. The quantitative estimate of drug-likeness (QED) is 0.469. The Balaban J connectivity index is 3.63. The van der Waals surface area contributed by atoms with Crippen LogP contribution in [0.1, 0.15) is 6.92 Å². The molecule has 50 valence electrons. The number of hydrogen-bond donors (Lipinski definition) is 2. The van der Waals surface area contributed by atoms with Crippen LogP contribution >= 0.6 is 0 Å². The Kier molecular flexibility index (Phi) is 3.40. The number of carbonyl (C=O) groups is 1. The fraction of sp³-hybridized carbons (Fsp3) is 0.600. The van der Waals surface area contributed by atoms with E-state index in [2.05, 4.69) is 5.32 Å². The molecule has 0 heterocycles. The van der Waals surface area contributed by atoms with Crippen molar-refractivity contribution >= 4 is 5.91 Å². The number of nitrogens with zero attached hydrogens (tertiary/aromatic N) is 1. The Morgan fingerprint density at radius 3 is 2.89 bits per heavy atom. The first kappa shape index (κ1) is 7.92. The predicted molar refractivity (Wildman–Crippen MR) is 30.3 cm³/mol. The maximum atomic E-state index is 10.4. The van der Waals surface area contributed by atoms with E-state index in [1.807, 2.05) is 0 Å². The average Bonchev–Trinajstić information content (AvgIpc) is 1.87. The first-order valence-corrected chi connectivity index (χ1v) is 2.57. The van der Waals surface area contributed by atoms with Crippen LogP contribution in [0.5, 0.6) is 0 Å². The summed E-state index contributed by atoms with van der Waals surface area (Å²) < 4.78 is 0. The van der Waals surface area contributed by atoms with Crippen molar-refractivity contribution in [1.82, 2.24) is 5.32 Å². The fourth-order valence-corrected chi connectivity index (χ4v) is 0.330. The molecule has 0 saturated carbocycles. The van der Waals surface area contributed by atoms with Crippen molar-refractivity contribution in [3.63, 3.8) is 0 Å². The number of nitrogens with one attached hydrogen (secondary N) is 1. The Morgan fingerprint density at radius 1 is 2.00 bits per heavy atom. The van der Waals surface area contributed by atoms with Crippen molar-refractivity contribution in [2.75, 3.05) is 6.54 Å². The molecule has 0 aromatic heterocycles. The van der Waals surface area contributed by atoms with Gasteiger partial charge in [-0.2, -0.15) is 5.26 Å². The van der Waals surface area contributed by atoms with Gasteiger partial charge in [0.2, 0.25) is 6.10 Å². The van der Waals surface area contributed by atoms with E-state index in [9.17, 15) is 4.79 Å². The van der Waals surface area contributed by atoms with Crippen LogP contribution in [0.4, 0.5) is 0 Å². The van der Waals surface area contributed by atoms with E-state index in [1.54, 1.807) is 6.92 Å². The van der Waals surface area contributed by atoms with Gasteiger partial charge >= 0.3 is 0 Å². The van der Waals surface area contributed by atoms with Gasteiger partial charge in [-0.15, -0.1) is 0 Å². The van der Waals surface area contributed by atoms with Crippen LogP contribution in [0.2, 0.25) is 0 Å². The summed E-state index contributed by atoms with van der Waals surface area (Å²) in [5.74, 6) is -0.639. The predicted octanol–water partition coefficient (Wildman–Crippen LogP) is -0.993. The SMILES string of the molecule is CCNC(=O)C(O)C#N. The number of aliphatic hydroxyl groups is 1. The highest BCUT2D eigenvalue weighted by atomic mass is 16.3. The molecule has 4 heteroatoms. The van der Waals surface area contributed by atoms with Crippen LogP contribution in [0.25, 0.3) is 0 Å². The second-order valence-corrected chi connectivity index (χ2v) is 1.43. The number of likely N-dealkylation sites (N-methyl/N-ethyl adjacent to an activating group) is 1. The van der Waals surface area contributed by atoms with Gasteiger partial charge < -0.3 is 10.4 Å². The molecule has 1 unspecified atom stereocenters. The van der Waals surface area contributed by atoms with E-state index in [1.165, 1.54) is 6.07 Å². The van der Waals surface area contributed by atoms with Crippen molar-refractivity contribution in [2.45, 2.75) is 13.0 Å². The van der Waals surface area contributed by atoms with Crippen molar-refractivity contribution in [3.8, 4) is 6.07 Å². The molecule has 0 fully saturated rings. The minimum atomic E-state index is -1.52. The van der Waals surface area contributed by atoms with E-state index in [4.69, 9.17) is 10.4 Å². The highest BCUT2D eigenvalue weighted by molar-refractivity contribution is 5.82. The molecule has 0 aliphatic heterocycles.